The monoisotopic (exact) mass is 417 g/mol. The van der Waals surface area contributed by atoms with Crippen molar-refractivity contribution in [2.24, 2.45) is 0 Å². The number of carbonyl (C=O) groups is 1. The molecule has 0 aliphatic carbocycles. The number of aromatic nitrogens is 2. The minimum absolute atomic E-state index is 0.00884. The van der Waals surface area contributed by atoms with E-state index in [-0.39, 0.29) is 24.5 Å². The van der Waals surface area contributed by atoms with E-state index in [1.807, 2.05) is 37.3 Å². The van der Waals surface area contributed by atoms with Gasteiger partial charge in [0, 0.05) is 37.1 Å². The number of pyridine rings is 2. The molecule has 0 saturated heterocycles. The molecule has 160 valence electrons. The molecule has 0 radical (unpaired) electrons. The summed E-state index contributed by atoms with van der Waals surface area (Å²) >= 11 is 0. The van der Waals surface area contributed by atoms with E-state index in [0.717, 1.165) is 37.3 Å². The average Bonchev–Trinajstić information content (AvgIpc) is 2.79. The smallest absolute Gasteiger partial charge is 0.254 e. The maximum Gasteiger partial charge on any atom is 0.254 e. The summed E-state index contributed by atoms with van der Waals surface area (Å²) in [7, 11) is 0. The molecule has 31 heavy (non-hydrogen) atoms. The minimum Gasteiger partial charge on any atom is -0.487 e. The lowest BCUT2D eigenvalue weighted by molar-refractivity contribution is 0.0970. The fourth-order valence-electron chi connectivity index (χ4n) is 3.76. The van der Waals surface area contributed by atoms with Crippen LogP contribution in [0.4, 0.5) is 0 Å². The zero-order valence-electron chi connectivity index (χ0n) is 18.0. The first-order chi connectivity index (χ1) is 15.0. The van der Waals surface area contributed by atoms with Gasteiger partial charge in [-0.2, -0.15) is 0 Å². The van der Waals surface area contributed by atoms with Gasteiger partial charge < -0.3 is 9.30 Å². The molecule has 0 bridgehead atoms. The Bertz CT molecular complexity index is 1140. The lowest BCUT2D eigenvalue weighted by atomic mass is 9.96. The number of likely N-dealkylation sites (N-methyl/N-ethyl adjacent to an activating group) is 1. The van der Waals surface area contributed by atoms with Gasteiger partial charge in [-0.05, 0) is 54.8 Å². The summed E-state index contributed by atoms with van der Waals surface area (Å²) in [6.45, 7) is 7.35. The predicted molar refractivity (Wildman–Crippen MR) is 119 cm³/mol. The van der Waals surface area contributed by atoms with Gasteiger partial charge in [-0.15, -0.1) is 0 Å². The van der Waals surface area contributed by atoms with E-state index in [2.05, 4.69) is 16.8 Å². The highest BCUT2D eigenvalue weighted by Crippen LogP contribution is 2.21. The van der Waals surface area contributed by atoms with Gasteiger partial charge in [0.25, 0.3) is 5.56 Å². The Kier molecular flexibility index (Phi) is 6.28. The molecular formula is C25H27N3O3. The van der Waals surface area contributed by atoms with Crippen LogP contribution in [0, 0.1) is 6.92 Å². The van der Waals surface area contributed by atoms with Gasteiger partial charge in [0.15, 0.2) is 5.78 Å². The second-order valence-corrected chi connectivity index (χ2v) is 7.97. The Labute approximate surface area is 182 Å². The van der Waals surface area contributed by atoms with Crippen molar-refractivity contribution in [3.05, 3.63) is 93.2 Å². The van der Waals surface area contributed by atoms with Gasteiger partial charge in [0.2, 0.25) is 0 Å². The molecule has 2 aromatic heterocycles. The number of nitrogens with zero attached hydrogens (tertiary/aromatic N) is 3. The highest BCUT2D eigenvalue weighted by molar-refractivity contribution is 5.96. The van der Waals surface area contributed by atoms with Crippen LogP contribution >= 0.6 is 0 Å². The van der Waals surface area contributed by atoms with Crippen molar-refractivity contribution in [1.82, 2.24) is 14.5 Å². The molecule has 0 unspecified atom stereocenters. The third-order valence-electron chi connectivity index (χ3n) is 5.71. The van der Waals surface area contributed by atoms with Crippen molar-refractivity contribution >= 4 is 5.78 Å². The molecule has 1 aliphatic rings. The highest BCUT2D eigenvalue weighted by atomic mass is 16.5. The number of ether oxygens (including phenoxy) is 1. The first-order valence-corrected chi connectivity index (χ1v) is 10.6. The SMILES string of the molecule is CCN1CCc2ccc(C(=O)Cn3ccc(OCc4ccc(C)cn4)cc3=O)cc2C1. The van der Waals surface area contributed by atoms with E-state index in [0.29, 0.717) is 11.3 Å². The van der Waals surface area contributed by atoms with Crippen molar-refractivity contribution < 1.29 is 9.53 Å². The molecule has 1 aromatic carbocycles. The molecule has 0 fully saturated rings. The van der Waals surface area contributed by atoms with Crippen LogP contribution < -0.4 is 10.3 Å². The van der Waals surface area contributed by atoms with E-state index in [1.165, 1.54) is 21.8 Å². The van der Waals surface area contributed by atoms with Gasteiger partial charge in [0.05, 0.1) is 12.2 Å². The van der Waals surface area contributed by atoms with Crippen LogP contribution in [0.2, 0.25) is 0 Å². The van der Waals surface area contributed by atoms with Gasteiger partial charge >= 0.3 is 0 Å². The fraction of sp³-hybridized carbons (Fsp3) is 0.320. The third-order valence-corrected chi connectivity index (χ3v) is 5.71. The largest absolute Gasteiger partial charge is 0.487 e. The summed E-state index contributed by atoms with van der Waals surface area (Å²) in [5.41, 5.74) is 4.77. The maximum atomic E-state index is 12.8. The lowest BCUT2D eigenvalue weighted by Gasteiger charge is -2.27. The first kappa shape index (κ1) is 21.0. The number of Topliss-reactive ketones (excluding diaryl/α,β-unsaturated/α-hetero) is 1. The van der Waals surface area contributed by atoms with Crippen LogP contribution in [0.25, 0.3) is 0 Å². The molecule has 0 saturated carbocycles. The molecule has 0 amide bonds. The van der Waals surface area contributed by atoms with Gasteiger partial charge in [-0.3, -0.25) is 19.5 Å². The Morgan fingerprint density at radius 2 is 2.00 bits per heavy atom. The van der Waals surface area contributed by atoms with Crippen LogP contribution in [-0.4, -0.2) is 33.3 Å². The summed E-state index contributed by atoms with van der Waals surface area (Å²) in [4.78, 5) is 32.0. The van der Waals surface area contributed by atoms with Gasteiger partial charge in [-0.25, -0.2) is 0 Å². The number of hydrogen-bond acceptors (Lipinski definition) is 5. The Balaban J connectivity index is 1.41. The number of ketones is 1. The molecular weight excluding hydrogens is 390 g/mol. The highest BCUT2D eigenvalue weighted by Gasteiger charge is 2.17. The van der Waals surface area contributed by atoms with E-state index >= 15 is 0 Å². The van der Waals surface area contributed by atoms with Gasteiger partial charge in [0.1, 0.15) is 12.4 Å². The van der Waals surface area contributed by atoms with Crippen molar-refractivity contribution in [3.63, 3.8) is 0 Å². The Morgan fingerprint density at radius 1 is 1.13 bits per heavy atom. The zero-order valence-corrected chi connectivity index (χ0v) is 18.0. The summed E-state index contributed by atoms with van der Waals surface area (Å²) in [6, 6.07) is 12.9. The Hall–Kier alpha value is -3.25. The number of fused-ring (bicyclic) bond motifs is 1. The number of carbonyl (C=O) groups excluding carboxylic acids is 1. The first-order valence-electron chi connectivity index (χ1n) is 10.6. The van der Waals surface area contributed by atoms with Crippen molar-refractivity contribution in [2.45, 2.75) is 40.0 Å². The topological polar surface area (TPSA) is 64.4 Å². The summed E-state index contributed by atoms with van der Waals surface area (Å²) in [6.07, 6.45) is 4.40. The Morgan fingerprint density at radius 3 is 2.74 bits per heavy atom. The molecule has 3 heterocycles. The number of benzene rings is 1. The van der Waals surface area contributed by atoms with Crippen LogP contribution in [0.3, 0.4) is 0 Å². The summed E-state index contributed by atoms with van der Waals surface area (Å²) in [5.74, 6) is 0.389. The van der Waals surface area contributed by atoms with Gasteiger partial charge in [-0.1, -0.05) is 25.1 Å². The zero-order chi connectivity index (χ0) is 21.8. The number of hydrogen-bond donors (Lipinski definition) is 0. The molecule has 6 nitrogen and oxygen atoms in total. The van der Waals surface area contributed by atoms with Crippen molar-refractivity contribution in [1.29, 1.82) is 0 Å². The fourth-order valence-corrected chi connectivity index (χ4v) is 3.76. The molecule has 3 aromatic rings. The molecule has 0 N–H and O–H groups in total. The predicted octanol–water partition coefficient (Wildman–Crippen LogP) is 3.39. The molecule has 4 rings (SSSR count). The standard InChI is InChI=1S/C25H27N3O3/c1-3-27-10-8-19-5-6-20(12-21(19)15-27)24(29)16-28-11-9-23(13-25(28)30)31-17-22-7-4-18(2)14-26-22/h4-7,9,11-14H,3,8,10,15-17H2,1-2H3. The molecule has 6 heteroatoms. The van der Waals surface area contributed by atoms with E-state index in [1.54, 1.807) is 18.5 Å². The quantitative estimate of drug-likeness (QED) is 0.552. The van der Waals surface area contributed by atoms with Crippen LogP contribution in [-0.2, 0) is 26.1 Å². The maximum absolute atomic E-state index is 12.8. The van der Waals surface area contributed by atoms with Crippen LogP contribution in [0.5, 0.6) is 5.75 Å². The second kappa shape index (κ2) is 9.27. The molecule has 0 atom stereocenters. The van der Waals surface area contributed by atoms with E-state index in [9.17, 15) is 9.59 Å². The average molecular weight is 418 g/mol. The number of rotatable bonds is 7. The van der Waals surface area contributed by atoms with E-state index < -0.39 is 0 Å². The molecule has 1 aliphatic heterocycles. The summed E-state index contributed by atoms with van der Waals surface area (Å²) < 4.78 is 7.09. The van der Waals surface area contributed by atoms with E-state index in [4.69, 9.17) is 4.74 Å². The van der Waals surface area contributed by atoms with Crippen molar-refractivity contribution in [3.8, 4) is 5.75 Å². The summed E-state index contributed by atoms with van der Waals surface area (Å²) in [5, 5.41) is 0. The third kappa shape index (κ3) is 5.09. The second-order valence-electron chi connectivity index (χ2n) is 7.97. The van der Waals surface area contributed by atoms with Crippen LogP contribution in [0.15, 0.2) is 59.7 Å². The lowest BCUT2D eigenvalue weighted by Crippen LogP contribution is -2.30. The van der Waals surface area contributed by atoms with Crippen molar-refractivity contribution in [2.75, 3.05) is 13.1 Å². The van der Waals surface area contributed by atoms with Crippen LogP contribution in [0.1, 0.15) is 39.7 Å². The minimum atomic E-state index is -0.266. The normalized spacial score (nSPS) is 13.6. The molecule has 0 spiro atoms. The number of aryl methyl sites for hydroxylation is 1.